The van der Waals surface area contributed by atoms with Gasteiger partial charge in [-0.05, 0) is 43.7 Å². The molecule has 0 bridgehead atoms. The first-order valence-corrected chi connectivity index (χ1v) is 6.15. The molecule has 2 rings (SSSR count). The Hall–Kier alpha value is -1.48. The Balaban J connectivity index is 2.00. The van der Waals surface area contributed by atoms with Crippen molar-refractivity contribution in [2.45, 2.75) is 25.2 Å². The lowest BCUT2D eigenvalue weighted by Gasteiger charge is -2.16. The summed E-state index contributed by atoms with van der Waals surface area (Å²) in [6.45, 7) is 0.730. The highest BCUT2D eigenvalue weighted by atomic mass is 16.3. The summed E-state index contributed by atoms with van der Waals surface area (Å²) in [5.74, 6) is 1.58. The van der Waals surface area contributed by atoms with Gasteiger partial charge in [-0.15, -0.1) is 0 Å². The maximum Gasteiger partial charge on any atom is 0.103 e. The minimum absolute atomic E-state index is 0.519. The van der Waals surface area contributed by atoms with Gasteiger partial charge in [0.05, 0.1) is 6.26 Å². The molecule has 0 aliphatic rings. The highest BCUT2D eigenvalue weighted by Gasteiger charge is 2.14. The zero-order valence-electron chi connectivity index (χ0n) is 10.3. The number of aryl methyl sites for hydroxylation is 2. The summed E-state index contributed by atoms with van der Waals surface area (Å²) in [6.07, 6.45) is 6.91. The Morgan fingerprint density at radius 3 is 2.76 bits per heavy atom. The van der Waals surface area contributed by atoms with Crippen LogP contribution < -0.4 is 5.73 Å². The van der Waals surface area contributed by atoms with Crippen molar-refractivity contribution in [3.05, 3.63) is 48.2 Å². The number of rotatable bonds is 6. The van der Waals surface area contributed by atoms with Crippen LogP contribution in [0.1, 0.15) is 30.2 Å². The smallest absolute Gasteiger partial charge is 0.103 e. The summed E-state index contributed by atoms with van der Waals surface area (Å²) in [4.78, 5) is 0. The first kappa shape index (κ1) is 12.0. The molecule has 2 aromatic heterocycles. The maximum absolute atomic E-state index is 5.70. The van der Waals surface area contributed by atoms with Crippen LogP contribution in [-0.4, -0.2) is 11.1 Å². The molecule has 17 heavy (non-hydrogen) atoms. The average molecular weight is 232 g/mol. The number of furan rings is 1. The standard InChI is InChI=1S/C14H20N2O/c1-16-10-2-5-14(16)12(8-9-15)6-7-13-4-3-11-17-13/h2-5,10-12H,6-9,15H2,1H3. The SMILES string of the molecule is Cn1cccc1C(CCN)CCc1ccco1. The van der Waals surface area contributed by atoms with Crippen molar-refractivity contribution in [1.29, 1.82) is 0 Å². The quantitative estimate of drug-likeness (QED) is 0.832. The van der Waals surface area contributed by atoms with Gasteiger partial charge >= 0.3 is 0 Å². The number of nitrogens with zero attached hydrogens (tertiary/aromatic N) is 1. The molecule has 2 N–H and O–H groups in total. The Bertz CT molecular complexity index is 431. The molecule has 0 saturated heterocycles. The van der Waals surface area contributed by atoms with Crippen LogP contribution in [0.5, 0.6) is 0 Å². The predicted molar refractivity (Wildman–Crippen MR) is 68.9 cm³/mol. The van der Waals surface area contributed by atoms with E-state index in [9.17, 15) is 0 Å². The van der Waals surface area contributed by atoms with Gasteiger partial charge in [0.1, 0.15) is 5.76 Å². The number of nitrogens with two attached hydrogens (primary N) is 1. The molecule has 0 fully saturated rings. The van der Waals surface area contributed by atoms with Gasteiger partial charge in [-0.1, -0.05) is 0 Å². The van der Waals surface area contributed by atoms with E-state index < -0.39 is 0 Å². The van der Waals surface area contributed by atoms with Gasteiger partial charge in [0.2, 0.25) is 0 Å². The van der Waals surface area contributed by atoms with E-state index in [4.69, 9.17) is 10.2 Å². The van der Waals surface area contributed by atoms with Crippen molar-refractivity contribution in [3.8, 4) is 0 Å². The molecule has 3 nitrogen and oxygen atoms in total. The molecule has 92 valence electrons. The molecule has 3 heteroatoms. The van der Waals surface area contributed by atoms with Gasteiger partial charge in [-0.3, -0.25) is 0 Å². The van der Waals surface area contributed by atoms with Gasteiger partial charge in [0.15, 0.2) is 0 Å². The predicted octanol–water partition coefficient (Wildman–Crippen LogP) is 2.68. The summed E-state index contributed by atoms with van der Waals surface area (Å²) in [5, 5.41) is 0. The fraction of sp³-hybridized carbons (Fsp3) is 0.429. The zero-order valence-corrected chi connectivity index (χ0v) is 10.3. The van der Waals surface area contributed by atoms with Crippen molar-refractivity contribution in [3.63, 3.8) is 0 Å². The molecule has 2 heterocycles. The van der Waals surface area contributed by atoms with E-state index in [-0.39, 0.29) is 0 Å². The molecule has 1 atom stereocenters. The molecule has 0 aromatic carbocycles. The average Bonchev–Trinajstić information content (AvgIpc) is 2.95. The van der Waals surface area contributed by atoms with Crippen LogP contribution in [0.3, 0.4) is 0 Å². The third kappa shape index (κ3) is 3.01. The second-order valence-corrected chi connectivity index (χ2v) is 4.44. The van der Waals surface area contributed by atoms with E-state index in [0.717, 1.165) is 31.6 Å². The zero-order chi connectivity index (χ0) is 12.1. The van der Waals surface area contributed by atoms with E-state index in [1.807, 2.05) is 12.1 Å². The first-order valence-electron chi connectivity index (χ1n) is 6.15. The highest BCUT2D eigenvalue weighted by Crippen LogP contribution is 2.25. The van der Waals surface area contributed by atoms with Crippen LogP contribution >= 0.6 is 0 Å². The number of hydrogen-bond donors (Lipinski definition) is 1. The van der Waals surface area contributed by atoms with Crippen LogP contribution in [0, 0.1) is 0 Å². The monoisotopic (exact) mass is 232 g/mol. The molecule has 0 aliphatic carbocycles. The van der Waals surface area contributed by atoms with Gasteiger partial charge in [0, 0.05) is 31.3 Å². The van der Waals surface area contributed by atoms with Crippen molar-refractivity contribution in [1.82, 2.24) is 4.57 Å². The van der Waals surface area contributed by atoms with E-state index in [0.29, 0.717) is 5.92 Å². The van der Waals surface area contributed by atoms with Crippen molar-refractivity contribution < 1.29 is 4.42 Å². The molecule has 0 spiro atoms. The lowest BCUT2D eigenvalue weighted by atomic mass is 9.95. The summed E-state index contributed by atoms with van der Waals surface area (Å²) in [7, 11) is 2.09. The van der Waals surface area contributed by atoms with Gasteiger partial charge in [0.25, 0.3) is 0 Å². The lowest BCUT2D eigenvalue weighted by molar-refractivity contribution is 0.472. The summed E-state index contributed by atoms with van der Waals surface area (Å²) in [6, 6.07) is 8.24. The maximum atomic E-state index is 5.70. The number of aromatic nitrogens is 1. The summed E-state index contributed by atoms with van der Waals surface area (Å²) < 4.78 is 7.55. The lowest BCUT2D eigenvalue weighted by Crippen LogP contribution is -2.11. The van der Waals surface area contributed by atoms with Crippen LogP contribution in [0.25, 0.3) is 0 Å². The van der Waals surface area contributed by atoms with E-state index in [1.165, 1.54) is 5.69 Å². The molecule has 2 aromatic rings. The van der Waals surface area contributed by atoms with Crippen molar-refractivity contribution in [2.24, 2.45) is 12.8 Å². The third-order valence-corrected chi connectivity index (χ3v) is 3.24. The van der Waals surface area contributed by atoms with Crippen molar-refractivity contribution in [2.75, 3.05) is 6.54 Å². The molecular formula is C14H20N2O. The minimum atomic E-state index is 0.519. The fourth-order valence-electron chi connectivity index (χ4n) is 2.31. The summed E-state index contributed by atoms with van der Waals surface area (Å²) in [5.41, 5.74) is 7.06. The normalized spacial score (nSPS) is 12.8. The minimum Gasteiger partial charge on any atom is -0.469 e. The van der Waals surface area contributed by atoms with E-state index in [1.54, 1.807) is 6.26 Å². The topological polar surface area (TPSA) is 44.1 Å². The van der Waals surface area contributed by atoms with Gasteiger partial charge in [-0.2, -0.15) is 0 Å². The Morgan fingerprint density at radius 1 is 1.29 bits per heavy atom. The molecule has 0 aliphatic heterocycles. The van der Waals surface area contributed by atoms with Crippen molar-refractivity contribution >= 4 is 0 Å². The van der Waals surface area contributed by atoms with Gasteiger partial charge in [-0.25, -0.2) is 0 Å². The van der Waals surface area contributed by atoms with Gasteiger partial charge < -0.3 is 14.7 Å². The Kier molecular flexibility index (Phi) is 4.04. The summed E-state index contributed by atoms with van der Waals surface area (Å²) >= 11 is 0. The van der Waals surface area contributed by atoms with Crippen LogP contribution in [-0.2, 0) is 13.5 Å². The van der Waals surface area contributed by atoms with Crippen LogP contribution in [0.15, 0.2) is 41.1 Å². The molecule has 1 unspecified atom stereocenters. The second kappa shape index (κ2) is 5.73. The van der Waals surface area contributed by atoms with Crippen LogP contribution in [0.4, 0.5) is 0 Å². The second-order valence-electron chi connectivity index (χ2n) is 4.44. The van der Waals surface area contributed by atoms with E-state index >= 15 is 0 Å². The largest absolute Gasteiger partial charge is 0.469 e. The Labute approximate surface area is 102 Å². The highest BCUT2D eigenvalue weighted by molar-refractivity contribution is 5.13. The molecule has 0 amide bonds. The third-order valence-electron chi connectivity index (χ3n) is 3.24. The number of hydrogen-bond acceptors (Lipinski definition) is 2. The fourth-order valence-corrected chi connectivity index (χ4v) is 2.31. The first-order chi connectivity index (χ1) is 8.31. The Morgan fingerprint density at radius 2 is 2.18 bits per heavy atom. The van der Waals surface area contributed by atoms with E-state index in [2.05, 4.69) is 29.9 Å². The van der Waals surface area contributed by atoms with Crippen LogP contribution in [0.2, 0.25) is 0 Å². The molecule has 0 saturated carbocycles. The molecule has 0 radical (unpaired) electrons. The molecular weight excluding hydrogens is 212 g/mol.